The van der Waals surface area contributed by atoms with Crippen LogP contribution in [0.2, 0.25) is 5.02 Å². The average Bonchev–Trinajstić information content (AvgIpc) is 2.70. The summed E-state index contributed by atoms with van der Waals surface area (Å²) in [5.74, 6) is 1.41. The van der Waals surface area contributed by atoms with Crippen molar-refractivity contribution in [2.75, 3.05) is 26.9 Å². The molecule has 0 aromatic heterocycles. The number of benzene rings is 2. The van der Waals surface area contributed by atoms with Crippen molar-refractivity contribution in [1.29, 1.82) is 0 Å². The first-order valence-corrected chi connectivity index (χ1v) is 10.8. The van der Waals surface area contributed by atoms with Crippen LogP contribution in [0.5, 0.6) is 11.5 Å². The van der Waals surface area contributed by atoms with E-state index in [0.717, 1.165) is 54.7 Å². The fourth-order valence-electron chi connectivity index (χ4n) is 2.63. The first kappa shape index (κ1) is 23.0. The van der Waals surface area contributed by atoms with Crippen LogP contribution in [-0.2, 0) is 17.9 Å². The Kier molecular flexibility index (Phi) is 10.7. The molecule has 0 bridgehead atoms. The molecule has 0 saturated carbocycles. The van der Waals surface area contributed by atoms with E-state index in [0.29, 0.717) is 23.1 Å². The van der Waals surface area contributed by atoms with E-state index in [1.807, 2.05) is 30.3 Å². The molecule has 0 aliphatic heterocycles. The molecule has 154 valence electrons. The molecule has 0 fully saturated rings. The number of hydrogen-bond donors (Lipinski definition) is 1. The van der Waals surface area contributed by atoms with E-state index in [1.165, 1.54) is 6.42 Å². The minimum Gasteiger partial charge on any atom is -0.493 e. The van der Waals surface area contributed by atoms with Crippen LogP contribution in [-0.4, -0.2) is 26.9 Å². The lowest BCUT2D eigenvalue weighted by Gasteiger charge is -2.15. The minimum atomic E-state index is 0.446. The van der Waals surface area contributed by atoms with Crippen LogP contribution in [0.4, 0.5) is 0 Å². The first-order chi connectivity index (χ1) is 13.6. The van der Waals surface area contributed by atoms with Crippen molar-refractivity contribution in [3.63, 3.8) is 0 Å². The second-order valence-electron chi connectivity index (χ2n) is 6.52. The quantitative estimate of drug-likeness (QED) is 0.365. The highest BCUT2D eigenvalue weighted by Crippen LogP contribution is 2.37. The van der Waals surface area contributed by atoms with Gasteiger partial charge in [-0.15, -0.1) is 0 Å². The van der Waals surface area contributed by atoms with Crippen molar-refractivity contribution in [3.05, 3.63) is 57.0 Å². The highest BCUT2D eigenvalue weighted by molar-refractivity contribution is 9.10. The summed E-state index contributed by atoms with van der Waals surface area (Å²) in [6.45, 7) is 5.96. The summed E-state index contributed by atoms with van der Waals surface area (Å²) in [5.41, 5.74) is 2.18. The van der Waals surface area contributed by atoms with Gasteiger partial charge in [-0.1, -0.05) is 37.1 Å². The third kappa shape index (κ3) is 8.00. The Morgan fingerprint density at radius 1 is 1.04 bits per heavy atom. The molecule has 2 rings (SSSR count). The maximum absolute atomic E-state index is 5.98. The number of ether oxygens (including phenoxy) is 3. The zero-order chi connectivity index (χ0) is 20.2. The van der Waals surface area contributed by atoms with Crippen molar-refractivity contribution >= 4 is 27.5 Å². The first-order valence-electron chi connectivity index (χ1n) is 9.66. The molecule has 2 aromatic rings. The second kappa shape index (κ2) is 13.0. The lowest BCUT2D eigenvalue weighted by molar-refractivity contribution is 0.129. The van der Waals surface area contributed by atoms with Crippen LogP contribution in [0.25, 0.3) is 0 Å². The molecule has 1 N–H and O–H groups in total. The fourth-order valence-corrected chi connectivity index (χ4v) is 3.36. The Balaban J connectivity index is 1.83. The van der Waals surface area contributed by atoms with Crippen molar-refractivity contribution in [2.45, 2.75) is 39.3 Å². The van der Waals surface area contributed by atoms with E-state index in [4.69, 9.17) is 25.8 Å². The van der Waals surface area contributed by atoms with E-state index >= 15 is 0 Å². The summed E-state index contributed by atoms with van der Waals surface area (Å²) < 4.78 is 18.0. The van der Waals surface area contributed by atoms with Crippen LogP contribution in [0.3, 0.4) is 0 Å². The topological polar surface area (TPSA) is 39.7 Å². The normalized spacial score (nSPS) is 10.9. The number of nitrogens with one attached hydrogen (secondary N) is 1. The van der Waals surface area contributed by atoms with E-state index < -0.39 is 0 Å². The average molecular weight is 471 g/mol. The third-order valence-corrected chi connectivity index (χ3v) is 5.04. The number of halogens is 2. The van der Waals surface area contributed by atoms with Gasteiger partial charge < -0.3 is 19.5 Å². The Bertz CT molecular complexity index is 710. The monoisotopic (exact) mass is 469 g/mol. The van der Waals surface area contributed by atoms with Gasteiger partial charge in [0.05, 0.1) is 11.6 Å². The van der Waals surface area contributed by atoms with Gasteiger partial charge in [0.15, 0.2) is 11.5 Å². The fraction of sp³-hybridized carbons (Fsp3) is 0.455. The number of hydrogen-bond acceptors (Lipinski definition) is 4. The lowest BCUT2D eigenvalue weighted by Crippen LogP contribution is -2.16. The van der Waals surface area contributed by atoms with E-state index in [9.17, 15) is 0 Å². The largest absolute Gasteiger partial charge is 0.493 e. The SMILES string of the molecule is CCCCOCCCNCc1cc(Br)c(OCc2ccc(Cl)cc2)c(OC)c1. The highest BCUT2D eigenvalue weighted by atomic mass is 79.9. The third-order valence-electron chi connectivity index (χ3n) is 4.20. The Morgan fingerprint density at radius 3 is 2.50 bits per heavy atom. The summed E-state index contributed by atoms with van der Waals surface area (Å²) in [6, 6.07) is 11.7. The van der Waals surface area contributed by atoms with E-state index in [1.54, 1.807) is 7.11 Å². The molecule has 2 aromatic carbocycles. The van der Waals surface area contributed by atoms with Crippen LogP contribution in [0, 0.1) is 0 Å². The van der Waals surface area contributed by atoms with Crippen molar-refractivity contribution in [3.8, 4) is 11.5 Å². The summed E-state index contributed by atoms with van der Waals surface area (Å²) in [5, 5.41) is 4.16. The molecular formula is C22H29BrClNO3. The van der Waals surface area contributed by atoms with Crippen molar-refractivity contribution < 1.29 is 14.2 Å². The van der Waals surface area contributed by atoms with Gasteiger partial charge in [0.25, 0.3) is 0 Å². The highest BCUT2D eigenvalue weighted by Gasteiger charge is 2.12. The molecule has 0 unspecified atom stereocenters. The Labute approximate surface area is 181 Å². The molecule has 28 heavy (non-hydrogen) atoms. The zero-order valence-corrected chi connectivity index (χ0v) is 18.9. The Hall–Kier alpha value is -1.27. The molecular weight excluding hydrogens is 442 g/mol. The van der Waals surface area contributed by atoms with Gasteiger partial charge in [0.2, 0.25) is 0 Å². The summed E-state index contributed by atoms with van der Waals surface area (Å²) in [6.07, 6.45) is 3.31. The van der Waals surface area contributed by atoms with E-state index in [2.05, 4.69) is 34.2 Å². The standard InChI is InChI=1S/C22H29BrClNO3/c1-3-4-11-27-12-5-10-25-15-18-13-20(23)22(21(14-18)26-2)28-16-17-6-8-19(24)9-7-17/h6-9,13-14,25H,3-5,10-12,15-16H2,1-2H3. The molecule has 0 saturated heterocycles. The molecule has 0 amide bonds. The summed E-state index contributed by atoms with van der Waals surface area (Å²) >= 11 is 9.54. The van der Waals surface area contributed by atoms with Gasteiger partial charge in [-0.3, -0.25) is 0 Å². The van der Waals surface area contributed by atoms with Crippen LogP contribution >= 0.6 is 27.5 Å². The van der Waals surface area contributed by atoms with E-state index in [-0.39, 0.29) is 0 Å². The van der Waals surface area contributed by atoms with Crippen LogP contribution in [0.1, 0.15) is 37.3 Å². The summed E-state index contributed by atoms with van der Waals surface area (Å²) in [7, 11) is 1.65. The van der Waals surface area contributed by atoms with Gasteiger partial charge in [-0.2, -0.15) is 0 Å². The maximum atomic E-state index is 5.98. The maximum Gasteiger partial charge on any atom is 0.175 e. The second-order valence-corrected chi connectivity index (χ2v) is 7.81. The van der Waals surface area contributed by atoms with Crippen LogP contribution in [0.15, 0.2) is 40.9 Å². The zero-order valence-electron chi connectivity index (χ0n) is 16.6. The molecule has 0 spiro atoms. The van der Waals surface area contributed by atoms with Gasteiger partial charge >= 0.3 is 0 Å². The lowest BCUT2D eigenvalue weighted by atomic mass is 10.2. The predicted molar refractivity (Wildman–Crippen MR) is 119 cm³/mol. The van der Waals surface area contributed by atoms with Crippen molar-refractivity contribution in [1.82, 2.24) is 5.32 Å². The van der Waals surface area contributed by atoms with Crippen molar-refractivity contribution in [2.24, 2.45) is 0 Å². The molecule has 0 atom stereocenters. The molecule has 4 nitrogen and oxygen atoms in total. The smallest absolute Gasteiger partial charge is 0.175 e. The number of rotatable bonds is 13. The Morgan fingerprint density at radius 2 is 1.79 bits per heavy atom. The molecule has 0 aliphatic carbocycles. The number of methoxy groups -OCH3 is 1. The van der Waals surface area contributed by atoms with Gasteiger partial charge in [-0.05, 0) is 70.7 Å². The van der Waals surface area contributed by atoms with Crippen LogP contribution < -0.4 is 14.8 Å². The van der Waals surface area contributed by atoms with Gasteiger partial charge in [0.1, 0.15) is 6.61 Å². The molecule has 0 aliphatic rings. The molecule has 6 heteroatoms. The minimum absolute atomic E-state index is 0.446. The number of unbranched alkanes of at least 4 members (excludes halogenated alkanes) is 1. The van der Waals surface area contributed by atoms with Gasteiger partial charge in [-0.25, -0.2) is 0 Å². The predicted octanol–water partition coefficient (Wildman–Crippen LogP) is 5.99. The molecule has 0 radical (unpaired) electrons. The molecule has 0 heterocycles. The van der Waals surface area contributed by atoms with Gasteiger partial charge in [0, 0.05) is 24.8 Å². The summed E-state index contributed by atoms with van der Waals surface area (Å²) in [4.78, 5) is 0.